The molecule has 1 unspecified atom stereocenters. The van der Waals surface area contributed by atoms with Crippen LogP contribution in [0.4, 0.5) is 4.79 Å². The van der Waals surface area contributed by atoms with E-state index < -0.39 is 50.9 Å². The summed E-state index contributed by atoms with van der Waals surface area (Å²) in [5.41, 5.74) is 8.30. The van der Waals surface area contributed by atoms with Crippen LogP contribution >= 0.6 is 11.3 Å². The Balaban J connectivity index is 1.26. The van der Waals surface area contributed by atoms with Crippen LogP contribution in [0.5, 0.6) is 0 Å². The zero-order valence-corrected chi connectivity index (χ0v) is 41.4. The first-order chi connectivity index (χ1) is 31.2. The molecule has 4 amide bonds. The summed E-state index contributed by atoms with van der Waals surface area (Å²) in [5.74, 6) is -1.34. The van der Waals surface area contributed by atoms with Gasteiger partial charge in [-0.1, -0.05) is 33.8 Å². The minimum absolute atomic E-state index is 0.0159. The molecule has 2 saturated heterocycles. The number of carbonyl (C=O) groups excluding carboxylic acids is 4. The molecule has 4 aromatic rings. The van der Waals surface area contributed by atoms with Gasteiger partial charge in [-0.05, 0) is 74.3 Å². The first kappa shape index (κ1) is 49.1. The molecule has 1 aromatic carbocycles. The number of ether oxygens (including phenoxy) is 2. The van der Waals surface area contributed by atoms with Gasteiger partial charge in [0.1, 0.15) is 23.9 Å². The van der Waals surface area contributed by atoms with Gasteiger partial charge in [-0.2, -0.15) is 4.31 Å². The Morgan fingerprint density at radius 2 is 1.89 bits per heavy atom. The molecule has 2 N–H and O–H groups in total. The van der Waals surface area contributed by atoms with E-state index in [4.69, 9.17) is 19.4 Å². The molecule has 358 valence electrons. The Morgan fingerprint density at radius 1 is 1.15 bits per heavy atom. The minimum Gasteiger partial charge on any atom is -0.378 e. The summed E-state index contributed by atoms with van der Waals surface area (Å²) in [6, 6.07) is 7.55. The molecule has 0 saturated carbocycles. The number of benzene rings is 1. The van der Waals surface area contributed by atoms with Gasteiger partial charge in [-0.25, -0.2) is 23.6 Å². The minimum atomic E-state index is -3.45. The number of hydrazine groups is 1. The average molecular weight is 948 g/mol. The molecule has 66 heavy (non-hydrogen) atoms. The molecule has 3 aliphatic heterocycles. The molecular weight excluding hydrogens is 883 g/mol. The lowest BCUT2D eigenvalue weighted by Crippen LogP contribution is -2.67. The second-order valence-electron chi connectivity index (χ2n) is 19.2. The fraction of sp³-hybridized carbons (Fsp3) is 0.574. The number of carbonyl (C=O) groups is 4. The SMILES string of the molecule is CCn1c(-c2cccnc2[C@H](C)OC)c2c3cc(ccc31)-c1csc(n1)C[C@H](NC(=O)[C@H](C(C)C)N(C)C(=O)N1CC(N(C)S(C)(=O)=O)C1)C(=O)N1CCCC(C=O)(COCC(C)(C)C2)N1. The lowest BCUT2D eigenvalue weighted by Gasteiger charge is -2.45. The van der Waals surface area contributed by atoms with Crippen LogP contribution in [-0.4, -0.2) is 150 Å². The third-order valence-electron chi connectivity index (χ3n) is 13.3. The summed E-state index contributed by atoms with van der Waals surface area (Å²) in [6.07, 6.45) is 5.11. The molecule has 0 radical (unpaired) electrons. The van der Waals surface area contributed by atoms with Gasteiger partial charge in [0.25, 0.3) is 5.91 Å². The van der Waals surface area contributed by atoms with E-state index in [1.54, 1.807) is 20.4 Å². The molecular formula is C47H65N9O8S2. The van der Waals surface area contributed by atoms with Crippen molar-refractivity contribution >= 4 is 56.4 Å². The highest BCUT2D eigenvalue weighted by Crippen LogP contribution is 2.42. The lowest BCUT2D eigenvalue weighted by molar-refractivity contribution is -0.147. The normalized spacial score (nSPS) is 21.6. The number of aldehydes is 1. The van der Waals surface area contributed by atoms with Crippen LogP contribution in [0.25, 0.3) is 33.4 Å². The molecule has 2 fully saturated rings. The number of likely N-dealkylation sites (tertiary alicyclic amines) is 1. The van der Waals surface area contributed by atoms with Gasteiger partial charge < -0.3 is 34.0 Å². The van der Waals surface area contributed by atoms with Crippen molar-refractivity contribution in [2.45, 2.75) is 104 Å². The van der Waals surface area contributed by atoms with Gasteiger partial charge in [-0.15, -0.1) is 11.3 Å². The van der Waals surface area contributed by atoms with Gasteiger partial charge >= 0.3 is 6.03 Å². The molecule has 7 rings (SSSR count). The number of fused-ring (bicyclic) bond motifs is 6. The van der Waals surface area contributed by atoms with Gasteiger partial charge in [-0.3, -0.25) is 19.6 Å². The fourth-order valence-corrected chi connectivity index (χ4v) is 11.1. The predicted octanol–water partition coefficient (Wildman–Crippen LogP) is 4.90. The Kier molecular flexibility index (Phi) is 14.5. The number of methoxy groups -OCH3 is 1. The number of likely N-dealkylation sites (N-methyl/N-ethyl adjacent to an activating group) is 2. The fourth-order valence-electron chi connectivity index (χ4n) is 9.55. The van der Waals surface area contributed by atoms with Crippen LogP contribution in [0.3, 0.4) is 0 Å². The van der Waals surface area contributed by atoms with Gasteiger partial charge in [0, 0.05) is 87.4 Å². The van der Waals surface area contributed by atoms with E-state index in [2.05, 4.69) is 60.3 Å². The van der Waals surface area contributed by atoms with E-state index in [1.165, 1.54) is 37.5 Å². The maximum Gasteiger partial charge on any atom is 0.320 e. The van der Waals surface area contributed by atoms with E-state index in [9.17, 15) is 27.6 Å². The van der Waals surface area contributed by atoms with E-state index in [-0.39, 0.29) is 50.7 Å². The van der Waals surface area contributed by atoms with Crippen molar-refractivity contribution in [2.24, 2.45) is 11.3 Å². The van der Waals surface area contributed by atoms with Crippen LogP contribution < -0.4 is 10.7 Å². The quantitative estimate of drug-likeness (QED) is 0.195. The van der Waals surface area contributed by atoms with Crippen molar-refractivity contribution in [3.8, 4) is 22.5 Å². The van der Waals surface area contributed by atoms with Gasteiger partial charge in [0.2, 0.25) is 15.9 Å². The number of sulfonamides is 1. The van der Waals surface area contributed by atoms with E-state index in [0.717, 1.165) is 57.2 Å². The smallest absolute Gasteiger partial charge is 0.320 e. The molecule has 19 heteroatoms. The summed E-state index contributed by atoms with van der Waals surface area (Å²) in [5, 5.41) is 8.06. The van der Waals surface area contributed by atoms with Crippen molar-refractivity contribution < 1.29 is 37.1 Å². The molecule has 0 spiro atoms. The molecule has 6 heterocycles. The van der Waals surface area contributed by atoms with Crippen molar-refractivity contribution in [3.05, 3.63) is 58.2 Å². The highest BCUT2D eigenvalue weighted by atomic mass is 32.2. The van der Waals surface area contributed by atoms with Crippen LogP contribution in [0.1, 0.15) is 76.8 Å². The number of urea groups is 1. The molecule has 0 aliphatic carbocycles. The summed E-state index contributed by atoms with van der Waals surface area (Å²) < 4.78 is 40.1. The number of aryl methyl sites for hydroxylation is 1. The van der Waals surface area contributed by atoms with E-state index in [1.807, 2.05) is 32.2 Å². The first-order valence-electron chi connectivity index (χ1n) is 22.7. The summed E-state index contributed by atoms with van der Waals surface area (Å²) >= 11 is 1.39. The first-order valence-corrected chi connectivity index (χ1v) is 25.4. The number of amides is 4. The standard InChI is InChI=1S/C47H65N9O8S2/c1-11-55-38-16-15-31-20-34(38)35(42(55)33-14-12-18-48-40(33)30(4)63-9)22-46(5,6)27-64-28-47(26-57)17-13-19-56(51-47)44(59)36(21-39-49-37(31)25-65-39)50-43(58)41(29(2)3)52(7)45(60)54-23-32(24-54)53(8)66(10,61)62/h12,14-16,18,20,25-26,29-30,32,36,41,51H,11,13,17,19,21-24,27-28H2,1-10H3,(H,50,58)/t30-,36-,41-,47?/m0/s1. The number of hydrogen-bond donors (Lipinski definition) is 2. The number of rotatable bonds is 11. The zero-order valence-electron chi connectivity index (χ0n) is 39.8. The van der Waals surface area contributed by atoms with Gasteiger partial charge in [0.15, 0.2) is 0 Å². The molecule has 3 aliphatic rings. The van der Waals surface area contributed by atoms with Crippen molar-refractivity contribution in [1.29, 1.82) is 0 Å². The van der Waals surface area contributed by atoms with Crippen LogP contribution in [-0.2, 0) is 53.3 Å². The molecule has 6 bridgehead atoms. The third kappa shape index (κ3) is 9.92. The third-order valence-corrected chi connectivity index (χ3v) is 15.5. The Bertz CT molecular complexity index is 2570. The zero-order chi connectivity index (χ0) is 47.9. The number of thiazole rings is 1. The summed E-state index contributed by atoms with van der Waals surface area (Å²) in [7, 11) is 1.26. The number of hydrogen-bond acceptors (Lipinski definition) is 12. The highest BCUT2D eigenvalue weighted by Gasteiger charge is 2.43. The number of aromatic nitrogens is 3. The molecule has 4 atom stereocenters. The van der Waals surface area contributed by atoms with Crippen LogP contribution in [0.2, 0.25) is 0 Å². The monoisotopic (exact) mass is 947 g/mol. The second kappa shape index (κ2) is 19.4. The van der Waals surface area contributed by atoms with Gasteiger partial charge in [0.05, 0.1) is 53.7 Å². The number of pyridine rings is 1. The van der Waals surface area contributed by atoms with Crippen LogP contribution in [0.15, 0.2) is 41.9 Å². The Labute approximate surface area is 392 Å². The Hall–Kier alpha value is -4.79. The maximum absolute atomic E-state index is 14.7. The molecule has 3 aromatic heterocycles. The summed E-state index contributed by atoms with van der Waals surface area (Å²) in [6.45, 7) is 13.8. The van der Waals surface area contributed by atoms with Crippen molar-refractivity contribution in [3.63, 3.8) is 0 Å². The topological polar surface area (TPSA) is 189 Å². The van der Waals surface area contributed by atoms with Crippen molar-refractivity contribution in [1.82, 2.24) is 44.4 Å². The maximum atomic E-state index is 14.7. The predicted molar refractivity (Wildman–Crippen MR) is 254 cm³/mol. The highest BCUT2D eigenvalue weighted by molar-refractivity contribution is 7.88. The number of nitrogens with zero attached hydrogens (tertiary/aromatic N) is 7. The number of nitrogens with one attached hydrogen (secondary N) is 2. The lowest BCUT2D eigenvalue weighted by atomic mass is 9.84. The van der Waals surface area contributed by atoms with E-state index >= 15 is 0 Å². The van der Waals surface area contributed by atoms with Crippen molar-refractivity contribution in [2.75, 3.05) is 60.3 Å². The second-order valence-corrected chi connectivity index (χ2v) is 22.2. The largest absolute Gasteiger partial charge is 0.378 e. The average Bonchev–Trinajstić information content (AvgIpc) is 3.85. The molecule has 17 nitrogen and oxygen atoms in total. The van der Waals surface area contributed by atoms with Crippen LogP contribution in [0, 0.1) is 11.3 Å². The van der Waals surface area contributed by atoms with E-state index in [0.29, 0.717) is 37.4 Å². The Morgan fingerprint density at radius 3 is 2.56 bits per heavy atom. The summed E-state index contributed by atoms with van der Waals surface area (Å²) in [4.78, 5) is 68.7.